The van der Waals surface area contributed by atoms with Crippen LogP contribution in [0.5, 0.6) is 0 Å². The van der Waals surface area contributed by atoms with Crippen LogP contribution in [0.2, 0.25) is 0 Å². The summed E-state index contributed by atoms with van der Waals surface area (Å²) in [5.41, 5.74) is 10.4. The first-order chi connectivity index (χ1) is 13.2. The van der Waals surface area contributed by atoms with E-state index in [0.717, 1.165) is 11.3 Å². The van der Waals surface area contributed by atoms with Crippen molar-refractivity contribution in [2.45, 2.75) is 32.5 Å². The maximum atomic E-state index is 12.4. The summed E-state index contributed by atoms with van der Waals surface area (Å²) < 4.78 is 5.18. The van der Waals surface area contributed by atoms with Gasteiger partial charge in [-0.2, -0.15) is 0 Å². The summed E-state index contributed by atoms with van der Waals surface area (Å²) in [6.07, 6.45) is 1.15. The standard InChI is InChI=1S/C21H26N4O2.HI/c1-27-15-18-9-4-5-10-19(18)24-21(22)23-12-6-11-20(26)25-13-16-7-2-3-8-17(16)14-25;/h2-5,7-10H,6,11-15H2,1H3,(H3,22,23,24);1H. The number of para-hydroxylation sites is 1. The van der Waals surface area contributed by atoms with E-state index >= 15 is 0 Å². The van der Waals surface area contributed by atoms with E-state index in [1.54, 1.807) is 7.11 Å². The van der Waals surface area contributed by atoms with Gasteiger partial charge in [-0.05, 0) is 23.6 Å². The zero-order chi connectivity index (χ0) is 19.1. The van der Waals surface area contributed by atoms with Crippen LogP contribution < -0.4 is 11.1 Å². The van der Waals surface area contributed by atoms with Crippen LogP contribution >= 0.6 is 24.0 Å². The quantitative estimate of drug-likeness (QED) is 0.267. The fraction of sp³-hybridized carbons (Fsp3) is 0.333. The van der Waals surface area contributed by atoms with E-state index in [2.05, 4.69) is 22.4 Å². The van der Waals surface area contributed by atoms with E-state index in [1.807, 2.05) is 41.3 Å². The second-order valence-corrected chi connectivity index (χ2v) is 6.60. The zero-order valence-corrected chi connectivity index (χ0v) is 18.4. The lowest BCUT2D eigenvalue weighted by atomic mass is 10.1. The normalized spacial score (nSPS) is 13.0. The van der Waals surface area contributed by atoms with Crippen molar-refractivity contribution in [1.29, 1.82) is 0 Å². The predicted octanol–water partition coefficient (Wildman–Crippen LogP) is 3.50. The van der Waals surface area contributed by atoms with Gasteiger partial charge in [0.05, 0.1) is 6.61 Å². The molecule has 0 aromatic heterocycles. The van der Waals surface area contributed by atoms with Gasteiger partial charge in [-0.15, -0.1) is 24.0 Å². The predicted molar refractivity (Wildman–Crippen MR) is 123 cm³/mol. The summed E-state index contributed by atoms with van der Waals surface area (Å²) >= 11 is 0. The Labute approximate surface area is 183 Å². The fourth-order valence-electron chi connectivity index (χ4n) is 3.20. The number of carbonyl (C=O) groups excluding carboxylic acids is 1. The van der Waals surface area contributed by atoms with E-state index in [1.165, 1.54) is 11.1 Å². The minimum atomic E-state index is 0. The minimum absolute atomic E-state index is 0. The number of anilines is 1. The fourth-order valence-corrected chi connectivity index (χ4v) is 3.20. The summed E-state index contributed by atoms with van der Waals surface area (Å²) in [6.45, 7) is 2.43. The molecule has 0 saturated heterocycles. The molecule has 1 heterocycles. The molecular formula is C21H27IN4O2. The van der Waals surface area contributed by atoms with Gasteiger partial charge in [0.25, 0.3) is 0 Å². The molecule has 0 radical (unpaired) electrons. The van der Waals surface area contributed by atoms with E-state index in [0.29, 0.717) is 45.0 Å². The van der Waals surface area contributed by atoms with Crippen molar-refractivity contribution in [2.24, 2.45) is 10.7 Å². The molecule has 1 amide bonds. The third-order valence-electron chi connectivity index (χ3n) is 4.60. The highest BCUT2D eigenvalue weighted by molar-refractivity contribution is 14.0. The highest BCUT2D eigenvalue weighted by atomic mass is 127. The lowest BCUT2D eigenvalue weighted by molar-refractivity contribution is -0.131. The van der Waals surface area contributed by atoms with E-state index in [-0.39, 0.29) is 29.9 Å². The SMILES string of the molecule is COCc1ccccc1NC(N)=NCCCC(=O)N1Cc2ccccc2C1.I. The minimum Gasteiger partial charge on any atom is -0.380 e. The second-order valence-electron chi connectivity index (χ2n) is 6.60. The molecule has 150 valence electrons. The molecule has 1 aliphatic heterocycles. The largest absolute Gasteiger partial charge is 0.380 e. The molecule has 1 aliphatic rings. The van der Waals surface area contributed by atoms with Crippen molar-refractivity contribution in [3.8, 4) is 0 Å². The number of nitrogens with zero attached hydrogens (tertiary/aromatic N) is 2. The Morgan fingerprint density at radius 2 is 1.79 bits per heavy atom. The van der Waals surface area contributed by atoms with Gasteiger partial charge in [0, 0.05) is 44.4 Å². The molecule has 7 heteroatoms. The van der Waals surface area contributed by atoms with Gasteiger partial charge in [-0.1, -0.05) is 42.5 Å². The summed E-state index contributed by atoms with van der Waals surface area (Å²) in [5, 5.41) is 3.10. The first-order valence-electron chi connectivity index (χ1n) is 9.15. The number of fused-ring (bicyclic) bond motifs is 1. The summed E-state index contributed by atoms with van der Waals surface area (Å²) in [5.74, 6) is 0.512. The van der Waals surface area contributed by atoms with Crippen molar-refractivity contribution < 1.29 is 9.53 Å². The number of amides is 1. The topological polar surface area (TPSA) is 80.0 Å². The molecule has 0 atom stereocenters. The summed E-state index contributed by atoms with van der Waals surface area (Å²) in [6, 6.07) is 16.0. The van der Waals surface area contributed by atoms with Gasteiger partial charge in [-0.25, -0.2) is 0 Å². The van der Waals surface area contributed by atoms with Gasteiger partial charge >= 0.3 is 0 Å². The van der Waals surface area contributed by atoms with Crippen LogP contribution in [-0.2, 0) is 29.2 Å². The molecule has 3 rings (SSSR count). The molecule has 0 spiro atoms. The number of carbonyl (C=O) groups is 1. The highest BCUT2D eigenvalue weighted by Gasteiger charge is 2.22. The second kappa shape index (κ2) is 11.0. The van der Waals surface area contributed by atoms with Crippen molar-refractivity contribution in [3.05, 3.63) is 65.2 Å². The van der Waals surface area contributed by atoms with Crippen LogP contribution in [0, 0.1) is 0 Å². The molecule has 0 saturated carbocycles. The number of methoxy groups -OCH3 is 1. The van der Waals surface area contributed by atoms with Gasteiger partial charge in [0.1, 0.15) is 0 Å². The maximum Gasteiger partial charge on any atom is 0.223 e. The van der Waals surface area contributed by atoms with E-state index < -0.39 is 0 Å². The van der Waals surface area contributed by atoms with E-state index in [4.69, 9.17) is 10.5 Å². The molecule has 3 N–H and O–H groups in total. The van der Waals surface area contributed by atoms with Crippen LogP contribution in [0.3, 0.4) is 0 Å². The molecular weight excluding hydrogens is 467 g/mol. The molecule has 28 heavy (non-hydrogen) atoms. The smallest absolute Gasteiger partial charge is 0.223 e. The van der Waals surface area contributed by atoms with Crippen LogP contribution in [0.4, 0.5) is 5.69 Å². The van der Waals surface area contributed by atoms with Crippen LogP contribution in [0.15, 0.2) is 53.5 Å². The molecule has 0 unspecified atom stereocenters. The number of benzene rings is 2. The molecule has 2 aromatic rings. The molecule has 2 aromatic carbocycles. The lowest BCUT2D eigenvalue weighted by Crippen LogP contribution is -2.26. The number of nitrogens with one attached hydrogen (secondary N) is 1. The molecule has 0 aliphatic carbocycles. The van der Waals surface area contributed by atoms with Gasteiger partial charge in [-0.3, -0.25) is 9.79 Å². The number of rotatable bonds is 7. The Morgan fingerprint density at radius 3 is 2.46 bits per heavy atom. The Kier molecular flexibility index (Phi) is 8.72. The van der Waals surface area contributed by atoms with Crippen molar-refractivity contribution in [2.75, 3.05) is 19.0 Å². The Bertz CT molecular complexity index is 801. The Balaban J connectivity index is 0.00000280. The Morgan fingerprint density at radius 1 is 1.14 bits per heavy atom. The molecule has 6 nitrogen and oxygen atoms in total. The first-order valence-corrected chi connectivity index (χ1v) is 9.15. The monoisotopic (exact) mass is 494 g/mol. The number of guanidine groups is 1. The third kappa shape index (κ3) is 5.93. The summed E-state index contributed by atoms with van der Waals surface area (Å²) in [4.78, 5) is 18.6. The van der Waals surface area contributed by atoms with Crippen LogP contribution in [0.1, 0.15) is 29.5 Å². The van der Waals surface area contributed by atoms with Gasteiger partial charge < -0.3 is 20.7 Å². The zero-order valence-electron chi connectivity index (χ0n) is 16.1. The van der Waals surface area contributed by atoms with Gasteiger partial charge in [0.2, 0.25) is 5.91 Å². The number of hydrogen-bond acceptors (Lipinski definition) is 3. The number of hydrogen-bond donors (Lipinski definition) is 2. The van der Waals surface area contributed by atoms with Gasteiger partial charge in [0.15, 0.2) is 5.96 Å². The van der Waals surface area contributed by atoms with E-state index in [9.17, 15) is 4.79 Å². The van der Waals surface area contributed by atoms with Crippen molar-refractivity contribution >= 4 is 41.5 Å². The molecule has 0 fully saturated rings. The lowest BCUT2D eigenvalue weighted by Gasteiger charge is -2.15. The van der Waals surface area contributed by atoms with Crippen LogP contribution in [0.25, 0.3) is 0 Å². The average molecular weight is 494 g/mol. The highest BCUT2D eigenvalue weighted by Crippen LogP contribution is 2.23. The average Bonchev–Trinajstić information content (AvgIpc) is 3.11. The number of nitrogens with two attached hydrogens (primary N) is 1. The third-order valence-corrected chi connectivity index (χ3v) is 4.60. The molecule has 0 bridgehead atoms. The summed E-state index contributed by atoms with van der Waals surface area (Å²) in [7, 11) is 1.66. The number of aliphatic imine (C=N–C) groups is 1. The number of halogens is 1. The maximum absolute atomic E-state index is 12.4. The van der Waals surface area contributed by atoms with Crippen molar-refractivity contribution in [1.82, 2.24) is 4.90 Å². The van der Waals surface area contributed by atoms with Crippen molar-refractivity contribution in [3.63, 3.8) is 0 Å². The van der Waals surface area contributed by atoms with Crippen LogP contribution in [-0.4, -0.2) is 30.4 Å². The number of ether oxygens (including phenoxy) is 1. The Hall–Kier alpha value is -2.13. The first kappa shape index (κ1) is 22.2.